The van der Waals surface area contributed by atoms with Crippen molar-refractivity contribution in [3.05, 3.63) is 29.3 Å². The number of ether oxygens (including phenoxy) is 1. The molecule has 0 heterocycles. The van der Waals surface area contributed by atoms with Gasteiger partial charge in [0.05, 0.1) is 11.6 Å². The van der Waals surface area contributed by atoms with Crippen molar-refractivity contribution in [3.63, 3.8) is 0 Å². The van der Waals surface area contributed by atoms with Gasteiger partial charge in [-0.1, -0.05) is 17.7 Å². The van der Waals surface area contributed by atoms with Crippen LogP contribution in [0.2, 0.25) is 0 Å². The average Bonchev–Trinajstić information content (AvgIpc) is 2.46. The van der Waals surface area contributed by atoms with Crippen LogP contribution in [0.5, 0.6) is 0 Å². The Balaban J connectivity index is 2.30. The minimum Gasteiger partial charge on any atom is -0.381 e. The number of nitrogens with zero attached hydrogens (tertiary/aromatic N) is 1. The second-order valence-corrected chi connectivity index (χ2v) is 6.23. The number of methoxy groups -OCH3 is 1. The summed E-state index contributed by atoms with van der Waals surface area (Å²) in [5.41, 5.74) is 10.1. The molecule has 1 aromatic rings. The Labute approximate surface area is 123 Å². The Morgan fingerprint density at radius 1 is 1.40 bits per heavy atom. The molecule has 0 spiro atoms. The third kappa shape index (κ3) is 2.84. The van der Waals surface area contributed by atoms with E-state index in [1.807, 2.05) is 7.11 Å². The standard InChI is InChI=1S/C17H28N2O/c1-13-7-8-16(14(2)10-13)19(3)17(12-18)9-5-6-15(11-17)20-4/h7-8,10,15H,5-6,9,11-12,18H2,1-4H3. The van der Waals surface area contributed by atoms with Gasteiger partial charge in [0.15, 0.2) is 0 Å². The zero-order valence-electron chi connectivity index (χ0n) is 13.3. The minimum absolute atomic E-state index is 0.0267. The van der Waals surface area contributed by atoms with E-state index in [9.17, 15) is 0 Å². The quantitative estimate of drug-likeness (QED) is 0.918. The van der Waals surface area contributed by atoms with Crippen molar-refractivity contribution in [1.29, 1.82) is 0 Å². The summed E-state index contributed by atoms with van der Waals surface area (Å²) in [5, 5.41) is 0. The van der Waals surface area contributed by atoms with E-state index in [0.29, 0.717) is 12.6 Å². The highest BCUT2D eigenvalue weighted by molar-refractivity contribution is 5.56. The highest BCUT2D eigenvalue weighted by Gasteiger charge is 2.39. The molecule has 0 saturated heterocycles. The molecule has 1 aliphatic rings. The Morgan fingerprint density at radius 3 is 2.75 bits per heavy atom. The molecule has 0 aliphatic heterocycles. The molecule has 3 heteroatoms. The molecule has 0 aromatic heterocycles. The van der Waals surface area contributed by atoms with Crippen molar-refractivity contribution in [1.82, 2.24) is 0 Å². The van der Waals surface area contributed by atoms with Gasteiger partial charge in [-0.2, -0.15) is 0 Å². The predicted octanol–water partition coefficient (Wildman–Crippen LogP) is 3.03. The Bertz CT molecular complexity index is 460. The summed E-state index contributed by atoms with van der Waals surface area (Å²) in [6.07, 6.45) is 4.83. The largest absolute Gasteiger partial charge is 0.381 e. The SMILES string of the molecule is COC1CCCC(CN)(N(C)c2ccc(C)cc2C)C1. The lowest BCUT2D eigenvalue weighted by Crippen LogP contribution is -2.56. The first-order valence-electron chi connectivity index (χ1n) is 7.56. The number of likely N-dealkylation sites (N-methyl/N-ethyl adjacent to an activating group) is 1. The van der Waals surface area contributed by atoms with Crippen molar-refractivity contribution in [2.45, 2.75) is 51.2 Å². The van der Waals surface area contributed by atoms with E-state index in [1.54, 1.807) is 0 Å². The van der Waals surface area contributed by atoms with Gasteiger partial charge in [-0.15, -0.1) is 0 Å². The van der Waals surface area contributed by atoms with Crippen LogP contribution < -0.4 is 10.6 Å². The molecule has 2 N–H and O–H groups in total. The summed E-state index contributed by atoms with van der Waals surface area (Å²) in [6, 6.07) is 6.64. The summed E-state index contributed by atoms with van der Waals surface area (Å²) < 4.78 is 5.60. The molecular weight excluding hydrogens is 248 g/mol. The third-order valence-electron chi connectivity index (χ3n) is 4.91. The first-order valence-corrected chi connectivity index (χ1v) is 7.56. The maximum Gasteiger partial charge on any atom is 0.0594 e. The summed E-state index contributed by atoms with van der Waals surface area (Å²) in [6.45, 7) is 4.99. The number of anilines is 1. The van der Waals surface area contributed by atoms with Crippen LogP contribution in [0.15, 0.2) is 18.2 Å². The van der Waals surface area contributed by atoms with Crippen LogP contribution in [0.4, 0.5) is 5.69 Å². The predicted molar refractivity (Wildman–Crippen MR) is 85.4 cm³/mol. The van der Waals surface area contributed by atoms with Crippen molar-refractivity contribution >= 4 is 5.69 Å². The lowest BCUT2D eigenvalue weighted by Gasteiger charge is -2.47. The van der Waals surface area contributed by atoms with Gasteiger partial charge in [0.25, 0.3) is 0 Å². The maximum atomic E-state index is 6.18. The summed E-state index contributed by atoms with van der Waals surface area (Å²) in [7, 11) is 4.00. The molecular formula is C17H28N2O. The lowest BCUT2D eigenvalue weighted by molar-refractivity contribution is 0.0422. The smallest absolute Gasteiger partial charge is 0.0594 e. The van der Waals surface area contributed by atoms with Gasteiger partial charge in [0.1, 0.15) is 0 Å². The van der Waals surface area contributed by atoms with Crippen LogP contribution in [0.25, 0.3) is 0 Å². The summed E-state index contributed by atoms with van der Waals surface area (Å²) in [5.74, 6) is 0. The van der Waals surface area contributed by atoms with Crippen LogP contribution in [0.3, 0.4) is 0 Å². The summed E-state index contributed by atoms with van der Waals surface area (Å²) in [4.78, 5) is 2.40. The molecule has 1 fully saturated rings. The maximum absolute atomic E-state index is 6.18. The van der Waals surface area contributed by atoms with E-state index in [-0.39, 0.29) is 5.54 Å². The van der Waals surface area contributed by atoms with E-state index in [0.717, 1.165) is 19.3 Å². The first kappa shape index (κ1) is 15.3. The highest BCUT2D eigenvalue weighted by atomic mass is 16.5. The zero-order chi connectivity index (χ0) is 14.8. The van der Waals surface area contributed by atoms with Gasteiger partial charge in [-0.05, 0) is 51.2 Å². The van der Waals surface area contributed by atoms with Crippen LogP contribution >= 0.6 is 0 Å². The first-order chi connectivity index (χ1) is 9.52. The van der Waals surface area contributed by atoms with Crippen molar-refractivity contribution in [3.8, 4) is 0 Å². The van der Waals surface area contributed by atoms with Crippen LogP contribution in [-0.4, -0.2) is 32.3 Å². The molecule has 2 unspecified atom stereocenters. The Kier molecular flexibility index (Phi) is 4.71. The van der Waals surface area contributed by atoms with Crippen molar-refractivity contribution < 1.29 is 4.74 Å². The lowest BCUT2D eigenvalue weighted by atomic mass is 9.78. The number of hydrogen-bond donors (Lipinski definition) is 1. The number of nitrogens with two attached hydrogens (primary N) is 1. The fourth-order valence-electron chi connectivity index (χ4n) is 3.55. The van der Waals surface area contributed by atoms with Gasteiger partial charge in [0.2, 0.25) is 0 Å². The molecule has 2 rings (SSSR count). The molecule has 112 valence electrons. The van der Waals surface area contributed by atoms with E-state index < -0.39 is 0 Å². The highest BCUT2D eigenvalue weighted by Crippen LogP contribution is 2.37. The number of rotatable bonds is 4. The monoisotopic (exact) mass is 276 g/mol. The van der Waals surface area contributed by atoms with E-state index in [2.05, 4.69) is 44.0 Å². The molecule has 20 heavy (non-hydrogen) atoms. The normalized spacial score (nSPS) is 26.6. The Morgan fingerprint density at radius 2 is 2.15 bits per heavy atom. The molecule has 1 saturated carbocycles. The molecule has 0 amide bonds. The topological polar surface area (TPSA) is 38.5 Å². The van der Waals surface area contributed by atoms with E-state index >= 15 is 0 Å². The molecule has 3 nitrogen and oxygen atoms in total. The number of benzene rings is 1. The molecule has 1 aromatic carbocycles. The molecule has 0 radical (unpaired) electrons. The third-order valence-corrected chi connectivity index (χ3v) is 4.91. The van der Waals surface area contributed by atoms with Gasteiger partial charge in [-0.3, -0.25) is 0 Å². The van der Waals surface area contributed by atoms with Gasteiger partial charge in [0, 0.05) is 26.4 Å². The summed E-state index contributed by atoms with van der Waals surface area (Å²) >= 11 is 0. The molecule has 1 aliphatic carbocycles. The van der Waals surface area contributed by atoms with Crippen LogP contribution in [0.1, 0.15) is 36.8 Å². The van der Waals surface area contributed by atoms with E-state index in [4.69, 9.17) is 10.5 Å². The molecule has 0 bridgehead atoms. The Hall–Kier alpha value is -1.06. The molecule has 2 atom stereocenters. The second-order valence-electron chi connectivity index (χ2n) is 6.23. The fraction of sp³-hybridized carbons (Fsp3) is 0.647. The van der Waals surface area contributed by atoms with Crippen LogP contribution in [0, 0.1) is 13.8 Å². The number of aryl methyl sites for hydroxylation is 2. The van der Waals surface area contributed by atoms with Crippen molar-refractivity contribution in [2.75, 3.05) is 25.6 Å². The minimum atomic E-state index is 0.0267. The van der Waals surface area contributed by atoms with Gasteiger partial charge < -0.3 is 15.4 Å². The van der Waals surface area contributed by atoms with Gasteiger partial charge >= 0.3 is 0 Å². The van der Waals surface area contributed by atoms with E-state index in [1.165, 1.54) is 23.2 Å². The zero-order valence-corrected chi connectivity index (χ0v) is 13.3. The second kappa shape index (κ2) is 6.15. The van der Waals surface area contributed by atoms with Gasteiger partial charge in [-0.25, -0.2) is 0 Å². The fourth-order valence-corrected chi connectivity index (χ4v) is 3.55. The van der Waals surface area contributed by atoms with Crippen LogP contribution in [-0.2, 0) is 4.74 Å². The average molecular weight is 276 g/mol. The number of hydrogen-bond acceptors (Lipinski definition) is 3. The van der Waals surface area contributed by atoms with Crippen molar-refractivity contribution in [2.24, 2.45) is 5.73 Å².